The van der Waals surface area contributed by atoms with Crippen LogP contribution >= 0.6 is 11.3 Å². The molecule has 0 aliphatic carbocycles. The van der Waals surface area contributed by atoms with Gasteiger partial charge < -0.3 is 11.1 Å². The van der Waals surface area contributed by atoms with Crippen LogP contribution in [0.25, 0.3) is 0 Å². The first-order chi connectivity index (χ1) is 5.61. The van der Waals surface area contributed by atoms with E-state index in [1.165, 1.54) is 11.3 Å². The summed E-state index contributed by atoms with van der Waals surface area (Å²) in [4.78, 5) is 11.4. The van der Waals surface area contributed by atoms with Gasteiger partial charge >= 0.3 is 0 Å². The SMILES string of the molecule is CC(C)NC(=O)c1ccsc1N. The van der Waals surface area contributed by atoms with Crippen LogP contribution in [0.15, 0.2) is 11.4 Å². The molecule has 1 rings (SSSR count). The molecule has 0 fully saturated rings. The number of nitrogens with two attached hydrogens (primary N) is 1. The van der Waals surface area contributed by atoms with Crippen LogP contribution in [0.5, 0.6) is 0 Å². The third-order valence-electron chi connectivity index (χ3n) is 1.36. The summed E-state index contributed by atoms with van der Waals surface area (Å²) >= 11 is 1.38. The van der Waals surface area contributed by atoms with Crippen LogP contribution in [-0.2, 0) is 0 Å². The number of nitrogen functional groups attached to an aromatic ring is 1. The van der Waals surface area contributed by atoms with Gasteiger partial charge in [-0.3, -0.25) is 4.79 Å². The lowest BCUT2D eigenvalue weighted by atomic mass is 10.3. The second kappa shape index (κ2) is 3.58. The zero-order valence-electron chi connectivity index (χ0n) is 7.13. The third-order valence-corrected chi connectivity index (χ3v) is 2.11. The Morgan fingerprint density at radius 1 is 1.67 bits per heavy atom. The number of carbonyl (C=O) groups is 1. The molecule has 0 spiro atoms. The molecule has 0 saturated heterocycles. The van der Waals surface area contributed by atoms with Crippen molar-refractivity contribution in [2.24, 2.45) is 0 Å². The van der Waals surface area contributed by atoms with E-state index < -0.39 is 0 Å². The van der Waals surface area contributed by atoms with Crippen LogP contribution in [-0.4, -0.2) is 11.9 Å². The van der Waals surface area contributed by atoms with E-state index in [4.69, 9.17) is 5.73 Å². The van der Waals surface area contributed by atoms with E-state index >= 15 is 0 Å². The van der Waals surface area contributed by atoms with E-state index in [-0.39, 0.29) is 11.9 Å². The van der Waals surface area contributed by atoms with Gasteiger partial charge in [-0.25, -0.2) is 0 Å². The van der Waals surface area contributed by atoms with Crippen LogP contribution in [0, 0.1) is 0 Å². The van der Waals surface area contributed by atoms with E-state index in [2.05, 4.69) is 5.32 Å². The van der Waals surface area contributed by atoms with Gasteiger partial charge in [-0.2, -0.15) is 0 Å². The van der Waals surface area contributed by atoms with E-state index in [0.717, 1.165) is 0 Å². The van der Waals surface area contributed by atoms with Crippen molar-refractivity contribution < 1.29 is 4.79 Å². The van der Waals surface area contributed by atoms with Crippen LogP contribution in [0.2, 0.25) is 0 Å². The number of carbonyl (C=O) groups excluding carboxylic acids is 1. The van der Waals surface area contributed by atoms with Crippen molar-refractivity contribution in [2.75, 3.05) is 5.73 Å². The molecule has 66 valence electrons. The number of hydrogen-bond acceptors (Lipinski definition) is 3. The first-order valence-electron chi connectivity index (χ1n) is 3.75. The third kappa shape index (κ3) is 1.98. The Morgan fingerprint density at radius 3 is 2.75 bits per heavy atom. The van der Waals surface area contributed by atoms with Crippen molar-refractivity contribution in [1.29, 1.82) is 0 Å². The molecule has 0 bridgehead atoms. The summed E-state index contributed by atoms with van der Waals surface area (Å²) in [6, 6.07) is 1.88. The minimum absolute atomic E-state index is 0.0937. The molecular weight excluding hydrogens is 172 g/mol. The van der Waals surface area contributed by atoms with Gasteiger partial charge in [-0.15, -0.1) is 11.3 Å². The first kappa shape index (κ1) is 9.06. The second-order valence-electron chi connectivity index (χ2n) is 2.83. The predicted molar refractivity (Wildman–Crippen MR) is 51.3 cm³/mol. The number of hydrogen-bond donors (Lipinski definition) is 2. The van der Waals surface area contributed by atoms with Crippen molar-refractivity contribution in [1.82, 2.24) is 5.32 Å². The molecule has 0 aromatic carbocycles. The molecule has 0 atom stereocenters. The molecule has 1 amide bonds. The highest BCUT2D eigenvalue weighted by atomic mass is 32.1. The maximum Gasteiger partial charge on any atom is 0.254 e. The lowest BCUT2D eigenvalue weighted by molar-refractivity contribution is 0.0944. The summed E-state index contributed by atoms with van der Waals surface area (Å²) in [7, 11) is 0. The zero-order valence-corrected chi connectivity index (χ0v) is 7.94. The molecule has 1 aromatic rings. The number of rotatable bonds is 2. The van der Waals surface area contributed by atoms with Gasteiger partial charge in [0.05, 0.1) is 10.6 Å². The van der Waals surface area contributed by atoms with Crippen molar-refractivity contribution in [3.63, 3.8) is 0 Å². The van der Waals surface area contributed by atoms with E-state index in [9.17, 15) is 4.79 Å². The number of thiophene rings is 1. The van der Waals surface area contributed by atoms with Crippen LogP contribution < -0.4 is 11.1 Å². The average Bonchev–Trinajstić information content (AvgIpc) is 2.33. The van der Waals surface area contributed by atoms with Crippen LogP contribution in [0.4, 0.5) is 5.00 Å². The van der Waals surface area contributed by atoms with Crippen LogP contribution in [0.1, 0.15) is 24.2 Å². The van der Waals surface area contributed by atoms with Gasteiger partial charge in [0.25, 0.3) is 5.91 Å². The van der Waals surface area contributed by atoms with Crippen molar-refractivity contribution >= 4 is 22.2 Å². The Morgan fingerprint density at radius 2 is 2.33 bits per heavy atom. The van der Waals surface area contributed by atoms with Gasteiger partial charge in [-0.1, -0.05) is 0 Å². The van der Waals surface area contributed by atoms with E-state index in [1.54, 1.807) is 6.07 Å². The van der Waals surface area contributed by atoms with Gasteiger partial charge in [0.2, 0.25) is 0 Å². The lowest BCUT2D eigenvalue weighted by Gasteiger charge is -2.06. The average molecular weight is 184 g/mol. The standard InChI is InChI=1S/C8H12N2OS/c1-5(2)10-8(11)6-3-4-12-7(6)9/h3-5H,9H2,1-2H3,(H,10,11). The molecular formula is C8H12N2OS. The van der Waals surface area contributed by atoms with Crippen molar-refractivity contribution in [3.8, 4) is 0 Å². The summed E-state index contributed by atoms with van der Waals surface area (Å²) in [5, 5.41) is 5.16. The highest BCUT2D eigenvalue weighted by molar-refractivity contribution is 7.14. The molecule has 0 radical (unpaired) electrons. The molecule has 1 aromatic heterocycles. The maximum atomic E-state index is 11.4. The molecule has 3 nitrogen and oxygen atoms in total. The highest BCUT2D eigenvalue weighted by Crippen LogP contribution is 2.18. The Balaban J connectivity index is 2.72. The normalized spacial score (nSPS) is 10.2. The molecule has 0 saturated carbocycles. The number of anilines is 1. The summed E-state index contributed by atoms with van der Waals surface area (Å²) in [5.41, 5.74) is 6.15. The fourth-order valence-corrected chi connectivity index (χ4v) is 1.49. The van der Waals surface area contributed by atoms with E-state index in [1.807, 2.05) is 19.2 Å². The number of nitrogens with one attached hydrogen (secondary N) is 1. The Kier molecular flexibility index (Phi) is 2.70. The van der Waals surface area contributed by atoms with Gasteiger partial charge in [0.15, 0.2) is 0 Å². The van der Waals surface area contributed by atoms with Crippen molar-refractivity contribution in [3.05, 3.63) is 17.0 Å². The number of amides is 1. The Hall–Kier alpha value is -1.03. The molecule has 0 aliphatic rings. The first-order valence-corrected chi connectivity index (χ1v) is 4.63. The summed E-state index contributed by atoms with van der Waals surface area (Å²) in [6.07, 6.45) is 0. The summed E-state index contributed by atoms with van der Waals surface area (Å²) in [6.45, 7) is 3.83. The fraction of sp³-hybridized carbons (Fsp3) is 0.375. The molecule has 3 N–H and O–H groups in total. The quantitative estimate of drug-likeness (QED) is 0.731. The highest BCUT2D eigenvalue weighted by Gasteiger charge is 2.10. The zero-order chi connectivity index (χ0) is 9.14. The minimum Gasteiger partial charge on any atom is -0.390 e. The van der Waals surface area contributed by atoms with Gasteiger partial charge in [0.1, 0.15) is 0 Å². The minimum atomic E-state index is -0.0937. The van der Waals surface area contributed by atoms with Gasteiger partial charge in [-0.05, 0) is 25.3 Å². The maximum absolute atomic E-state index is 11.4. The molecule has 12 heavy (non-hydrogen) atoms. The molecule has 0 aliphatic heterocycles. The monoisotopic (exact) mass is 184 g/mol. The molecule has 0 unspecified atom stereocenters. The second-order valence-corrected chi connectivity index (χ2v) is 3.77. The van der Waals surface area contributed by atoms with Gasteiger partial charge in [0, 0.05) is 6.04 Å². The topological polar surface area (TPSA) is 55.1 Å². The van der Waals surface area contributed by atoms with E-state index in [0.29, 0.717) is 10.6 Å². The lowest BCUT2D eigenvalue weighted by Crippen LogP contribution is -2.30. The van der Waals surface area contributed by atoms with Crippen LogP contribution in [0.3, 0.4) is 0 Å². The smallest absolute Gasteiger partial charge is 0.254 e. The summed E-state index contributed by atoms with van der Waals surface area (Å²) in [5.74, 6) is -0.0937. The van der Waals surface area contributed by atoms with Crippen molar-refractivity contribution in [2.45, 2.75) is 19.9 Å². The largest absolute Gasteiger partial charge is 0.390 e. The Labute approximate surface area is 75.6 Å². The summed E-state index contributed by atoms with van der Waals surface area (Å²) < 4.78 is 0. The molecule has 4 heteroatoms. The predicted octanol–water partition coefficient (Wildman–Crippen LogP) is 1.47. The molecule has 1 heterocycles. The fourth-order valence-electron chi connectivity index (χ4n) is 0.849. The Bertz CT molecular complexity index is 280.